The average Bonchev–Trinajstić information content (AvgIpc) is 2.85. The van der Waals surface area contributed by atoms with Crippen molar-refractivity contribution in [3.63, 3.8) is 0 Å². The quantitative estimate of drug-likeness (QED) is 0.361. The molecule has 0 saturated heterocycles. The topological polar surface area (TPSA) is 77.8 Å². The molecule has 1 aromatic rings. The molecule has 0 bridgehead atoms. The SMILES string of the molecule is CCOCCCN(CC(=O)c1c(C)c(C(=O)OC)n(C)c1C)C(=O)CC. The van der Waals surface area contributed by atoms with Gasteiger partial charge in [-0.3, -0.25) is 9.59 Å². The maximum absolute atomic E-state index is 12.9. The summed E-state index contributed by atoms with van der Waals surface area (Å²) in [6, 6.07) is 0. The van der Waals surface area contributed by atoms with E-state index in [9.17, 15) is 14.4 Å². The molecule has 146 valence electrons. The Balaban J connectivity index is 3.02. The number of esters is 1. The number of hydrogen-bond acceptors (Lipinski definition) is 5. The molecule has 26 heavy (non-hydrogen) atoms. The molecule has 0 aromatic carbocycles. The molecular formula is C19H30N2O5. The Kier molecular flexibility index (Phi) is 8.51. The van der Waals surface area contributed by atoms with Crippen LogP contribution in [0, 0.1) is 13.8 Å². The van der Waals surface area contributed by atoms with Gasteiger partial charge < -0.3 is 18.9 Å². The summed E-state index contributed by atoms with van der Waals surface area (Å²) < 4.78 is 11.8. The number of aromatic nitrogens is 1. The van der Waals surface area contributed by atoms with E-state index < -0.39 is 5.97 Å². The lowest BCUT2D eigenvalue weighted by Crippen LogP contribution is -2.36. The Labute approximate surface area is 155 Å². The van der Waals surface area contributed by atoms with Gasteiger partial charge in [-0.2, -0.15) is 0 Å². The van der Waals surface area contributed by atoms with Crippen LogP contribution in [-0.2, 0) is 21.3 Å². The largest absolute Gasteiger partial charge is 0.464 e. The fourth-order valence-corrected chi connectivity index (χ4v) is 3.04. The zero-order valence-electron chi connectivity index (χ0n) is 16.7. The molecule has 0 saturated carbocycles. The Morgan fingerprint density at radius 1 is 1.15 bits per heavy atom. The fraction of sp³-hybridized carbons (Fsp3) is 0.632. The van der Waals surface area contributed by atoms with Crippen molar-refractivity contribution >= 4 is 17.7 Å². The van der Waals surface area contributed by atoms with Gasteiger partial charge in [0.1, 0.15) is 5.69 Å². The summed E-state index contributed by atoms with van der Waals surface area (Å²) in [5.41, 5.74) is 2.11. The van der Waals surface area contributed by atoms with Crippen LogP contribution < -0.4 is 0 Å². The van der Waals surface area contributed by atoms with Crippen molar-refractivity contribution in [1.82, 2.24) is 9.47 Å². The van der Waals surface area contributed by atoms with Crippen LogP contribution in [0.3, 0.4) is 0 Å². The van der Waals surface area contributed by atoms with Gasteiger partial charge in [-0.1, -0.05) is 6.92 Å². The first-order valence-electron chi connectivity index (χ1n) is 8.92. The molecule has 0 aliphatic carbocycles. The summed E-state index contributed by atoms with van der Waals surface area (Å²) in [4.78, 5) is 38.6. The summed E-state index contributed by atoms with van der Waals surface area (Å²) in [5, 5.41) is 0. The summed E-state index contributed by atoms with van der Waals surface area (Å²) in [6.07, 6.45) is 1.01. The van der Waals surface area contributed by atoms with Crippen molar-refractivity contribution in [3.05, 3.63) is 22.5 Å². The van der Waals surface area contributed by atoms with Crippen LogP contribution in [0.25, 0.3) is 0 Å². The first kappa shape index (κ1) is 21.9. The van der Waals surface area contributed by atoms with Crippen molar-refractivity contribution in [1.29, 1.82) is 0 Å². The van der Waals surface area contributed by atoms with Crippen LogP contribution in [0.15, 0.2) is 0 Å². The molecular weight excluding hydrogens is 336 g/mol. The van der Waals surface area contributed by atoms with Crippen LogP contribution in [0.1, 0.15) is 58.8 Å². The number of Topliss-reactive ketones (excluding diaryl/α,β-unsaturated/α-hetero) is 1. The molecule has 0 aliphatic rings. The Hall–Kier alpha value is -2.15. The number of ketones is 1. The summed E-state index contributed by atoms with van der Waals surface area (Å²) in [6.45, 7) is 8.84. The molecule has 1 heterocycles. The highest BCUT2D eigenvalue weighted by molar-refractivity contribution is 6.04. The summed E-state index contributed by atoms with van der Waals surface area (Å²) in [7, 11) is 3.04. The number of methoxy groups -OCH3 is 1. The lowest BCUT2D eigenvalue weighted by atomic mass is 10.0. The molecule has 0 unspecified atom stereocenters. The number of amides is 1. The second kappa shape index (κ2) is 10.1. The molecule has 0 atom stereocenters. The number of rotatable bonds is 10. The number of nitrogens with zero attached hydrogens (tertiary/aromatic N) is 2. The highest BCUT2D eigenvalue weighted by Gasteiger charge is 2.27. The van der Waals surface area contributed by atoms with Crippen molar-refractivity contribution in [2.45, 2.75) is 40.5 Å². The molecule has 1 rings (SSSR count). The normalized spacial score (nSPS) is 10.7. The van der Waals surface area contributed by atoms with E-state index in [1.54, 1.807) is 37.3 Å². The third kappa shape index (κ3) is 4.94. The maximum atomic E-state index is 12.9. The van der Waals surface area contributed by atoms with E-state index in [0.717, 1.165) is 0 Å². The minimum atomic E-state index is -0.481. The van der Waals surface area contributed by atoms with E-state index in [-0.39, 0.29) is 18.2 Å². The Bertz CT molecular complexity index is 663. The third-order valence-electron chi connectivity index (χ3n) is 4.50. The monoisotopic (exact) mass is 366 g/mol. The summed E-state index contributed by atoms with van der Waals surface area (Å²) >= 11 is 0. The van der Waals surface area contributed by atoms with E-state index in [1.165, 1.54) is 7.11 Å². The zero-order valence-corrected chi connectivity index (χ0v) is 16.7. The van der Waals surface area contributed by atoms with Crippen LogP contribution in [-0.4, -0.2) is 60.5 Å². The number of hydrogen-bond donors (Lipinski definition) is 0. The number of ether oxygens (including phenoxy) is 2. The van der Waals surface area contributed by atoms with Gasteiger partial charge in [0.15, 0.2) is 5.78 Å². The van der Waals surface area contributed by atoms with Crippen molar-refractivity contribution in [2.24, 2.45) is 7.05 Å². The highest BCUT2D eigenvalue weighted by atomic mass is 16.5. The van der Waals surface area contributed by atoms with Crippen LogP contribution in [0.4, 0.5) is 0 Å². The molecule has 1 aromatic heterocycles. The second-order valence-corrected chi connectivity index (χ2v) is 6.13. The number of carbonyl (C=O) groups excluding carboxylic acids is 3. The van der Waals surface area contributed by atoms with Gasteiger partial charge in [-0.15, -0.1) is 0 Å². The van der Waals surface area contributed by atoms with Gasteiger partial charge in [-0.05, 0) is 32.8 Å². The Morgan fingerprint density at radius 3 is 2.35 bits per heavy atom. The fourth-order valence-electron chi connectivity index (χ4n) is 3.04. The molecule has 0 radical (unpaired) electrons. The van der Waals surface area contributed by atoms with Crippen LogP contribution in [0.2, 0.25) is 0 Å². The van der Waals surface area contributed by atoms with Crippen molar-refractivity contribution in [2.75, 3.05) is 33.4 Å². The lowest BCUT2D eigenvalue weighted by Gasteiger charge is -2.21. The molecule has 7 heteroatoms. The first-order chi connectivity index (χ1) is 12.3. The first-order valence-corrected chi connectivity index (χ1v) is 8.92. The maximum Gasteiger partial charge on any atom is 0.354 e. The van der Waals surface area contributed by atoms with Gasteiger partial charge in [0, 0.05) is 44.5 Å². The van der Waals surface area contributed by atoms with Gasteiger partial charge in [0.2, 0.25) is 5.91 Å². The Morgan fingerprint density at radius 2 is 1.81 bits per heavy atom. The molecule has 0 aliphatic heterocycles. The molecule has 0 fully saturated rings. The minimum Gasteiger partial charge on any atom is -0.464 e. The standard InChI is InChI=1S/C19H30N2O5/c1-7-16(23)21(10-9-11-26-8-2)12-15(22)17-13(3)18(19(24)25-6)20(5)14(17)4/h7-12H2,1-6H3. The van der Waals surface area contributed by atoms with Gasteiger partial charge in [0.05, 0.1) is 13.7 Å². The number of carbonyl (C=O) groups is 3. The van der Waals surface area contributed by atoms with E-state index >= 15 is 0 Å². The van der Waals surface area contributed by atoms with Crippen LogP contribution in [0.5, 0.6) is 0 Å². The molecule has 1 amide bonds. The zero-order chi connectivity index (χ0) is 19.9. The van der Waals surface area contributed by atoms with Crippen molar-refractivity contribution < 1.29 is 23.9 Å². The van der Waals surface area contributed by atoms with Crippen LogP contribution >= 0.6 is 0 Å². The minimum absolute atomic E-state index is 0.00883. The predicted octanol–water partition coefficient (Wildman–Crippen LogP) is 2.28. The second-order valence-electron chi connectivity index (χ2n) is 6.13. The smallest absolute Gasteiger partial charge is 0.354 e. The summed E-state index contributed by atoms with van der Waals surface area (Å²) in [5.74, 6) is -0.733. The lowest BCUT2D eigenvalue weighted by molar-refractivity contribution is -0.130. The van der Waals surface area contributed by atoms with E-state index in [0.29, 0.717) is 55.1 Å². The van der Waals surface area contributed by atoms with E-state index in [4.69, 9.17) is 9.47 Å². The predicted molar refractivity (Wildman–Crippen MR) is 98.5 cm³/mol. The third-order valence-corrected chi connectivity index (χ3v) is 4.50. The van der Waals surface area contributed by atoms with E-state index in [2.05, 4.69) is 0 Å². The molecule has 0 spiro atoms. The average molecular weight is 366 g/mol. The van der Waals surface area contributed by atoms with Crippen molar-refractivity contribution in [3.8, 4) is 0 Å². The van der Waals surface area contributed by atoms with Gasteiger partial charge in [-0.25, -0.2) is 4.79 Å². The highest BCUT2D eigenvalue weighted by Crippen LogP contribution is 2.23. The molecule has 7 nitrogen and oxygen atoms in total. The molecule has 0 N–H and O–H groups in total. The van der Waals surface area contributed by atoms with E-state index in [1.807, 2.05) is 6.92 Å². The van der Waals surface area contributed by atoms with Gasteiger partial charge in [0.25, 0.3) is 0 Å². The van der Waals surface area contributed by atoms with Gasteiger partial charge >= 0.3 is 5.97 Å².